The van der Waals surface area contributed by atoms with E-state index in [1.165, 1.54) is 12.1 Å². The molecule has 1 aromatic heterocycles. The first-order valence-electron chi connectivity index (χ1n) is 9.28. The molecule has 2 aromatic rings. The lowest BCUT2D eigenvalue weighted by Gasteiger charge is -2.35. The first-order chi connectivity index (χ1) is 13.4. The smallest absolute Gasteiger partial charge is 0.271 e. The number of benzene rings is 1. The van der Waals surface area contributed by atoms with Gasteiger partial charge < -0.3 is 19.7 Å². The van der Waals surface area contributed by atoms with Gasteiger partial charge in [-0.15, -0.1) is 0 Å². The number of likely N-dealkylation sites (tertiary alicyclic amines) is 1. The minimum atomic E-state index is -0.584. The van der Waals surface area contributed by atoms with Crippen molar-refractivity contribution in [1.29, 1.82) is 0 Å². The largest absolute Gasteiger partial charge is 0.349 e. The first-order valence-corrected chi connectivity index (χ1v) is 10.0. The molecule has 28 heavy (non-hydrogen) atoms. The Morgan fingerprint density at radius 1 is 1.07 bits per heavy atom. The van der Waals surface area contributed by atoms with Gasteiger partial charge in [-0.1, -0.05) is 23.2 Å². The molecule has 0 unspecified atom stereocenters. The van der Waals surface area contributed by atoms with Crippen LogP contribution in [0.2, 0.25) is 10.0 Å². The predicted molar refractivity (Wildman–Crippen MR) is 106 cm³/mol. The van der Waals surface area contributed by atoms with E-state index in [2.05, 4.69) is 9.88 Å². The third-order valence-corrected chi connectivity index (χ3v) is 6.37. The second-order valence-electron chi connectivity index (χ2n) is 7.46. The molecular formula is C19H21Cl2FN4O2. The van der Waals surface area contributed by atoms with Crippen LogP contribution < -0.4 is 0 Å². The van der Waals surface area contributed by atoms with Gasteiger partial charge in [-0.05, 0) is 32.1 Å². The van der Waals surface area contributed by atoms with Gasteiger partial charge in [0.2, 0.25) is 5.91 Å². The van der Waals surface area contributed by atoms with E-state index in [1.807, 2.05) is 11.9 Å². The van der Waals surface area contributed by atoms with Crippen molar-refractivity contribution in [2.45, 2.75) is 6.42 Å². The minimum absolute atomic E-state index is 0.0486. The molecule has 0 aliphatic carbocycles. The number of rotatable bonds is 2. The molecule has 2 aliphatic heterocycles. The number of piperazine rings is 1. The summed E-state index contributed by atoms with van der Waals surface area (Å²) in [6.45, 7) is 3.59. The van der Waals surface area contributed by atoms with E-state index in [9.17, 15) is 14.0 Å². The number of aromatic nitrogens is 1. The summed E-state index contributed by atoms with van der Waals surface area (Å²) in [5, 5.41) is 0.331. The average Bonchev–Trinajstić information content (AvgIpc) is 3.27. The molecule has 0 saturated carbocycles. The quantitative estimate of drug-likeness (QED) is 0.802. The van der Waals surface area contributed by atoms with Crippen LogP contribution in [-0.4, -0.2) is 77.8 Å². The Hall–Kier alpha value is -1.83. The maximum absolute atomic E-state index is 13.7. The Balaban J connectivity index is 1.46. The van der Waals surface area contributed by atoms with Crippen LogP contribution in [0.3, 0.4) is 0 Å². The van der Waals surface area contributed by atoms with Crippen LogP contribution in [0.5, 0.6) is 0 Å². The maximum Gasteiger partial charge on any atom is 0.271 e. The van der Waals surface area contributed by atoms with E-state index in [0.717, 1.165) is 19.5 Å². The summed E-state index contributed by atoms with van der Waals surface area (Å²) in [5.74, 6) is -0.640. The summed E-state index contributed by atoms with van der Waals surface area (Å²) in [6.07, 6.45) is 0.885. The molecule has 0 radical (unpaired) electrons. The molecule has 1 aromatic carbocycles. The van der Waals surface area contributed by atoms with E-state index < -0.39 is 5.82 Å². The van der Waals surface area contributed by atoms with Gasteiger partial charge in [-0.25, -0.2) is 4.39 Å². The zero-order valence-corrected chi connectivity index (χ0v) is 17.0. The molecular weight excluding hydrogens is 406 g/mol. The first kappa shape index (κ1) is 19.5. The minimum Gasteiger partial charge on any atom is -0.349 e. The van der Waals surface area contributed by atoms with Crippen LogP contribution in [-0.2, 0) is 4.79 Å². The van der Waals surface area contributed by atoms with Crippen LogP contribution in [0.25, 0.3) is 10.9 Å². The predicted octanol–water partition coefficient (Wildman–Crippen LogP) is 2.85. The molecule has 6 nitrogen and oxygen atoms in total. The number of carbonyl (C=O) groups is 2. The van der Waals surface area contributed by atoms with Gasteiger partial charge in [0.1, 0.15) is 11.5 Å². The summed E-state index contributed by atoms with van der Waals surface area (Å²) in [5.41, 5.74) is 0.709. The van der Waals surface area contributed by atoms with Crippen molar-refractivity contribution in [1.82, 2.24) is 19.7 Å². The monoisotopic (exact) mass is 426 g/mol. The van der Waals surface area contributed by atoms with Crippen molar-refractivity contribution in [3.63, 3.8) is 0 Å². The Morgan fingerprint density at radius 3 is 2.39 bits per heavy atom. The number of halogens is 3. The summed E-state index contributed by atoms with van der Waals surface area (Å²) in [4.78, 5) is 34.2. The normalized spacial score (nSPS) is 20.9. The van der Waals surface area contributed by atoms with E-state index in [4.69, 9.17) is 23.2 Å². The highest BCUT2D eigenvalue weighted by molar-refractivity contribution is 6.44. The van der Waals surface area contributed by atoms with Crippen molar-refractivity contribution in [2.24, 2.45) is 5.92 Å². The lowest BCUT2D eigenvalue weighted by molar-refractivity contribution is -0.136. The molecule has 0 spiro atoms. The number of aromatic amines is 1. The SMILES string of the molecule is CN1CC[C@H](C(=O)N2CCN(C(=O)c3[nH]c4ccc(F)c(Cl)c4c3Cl)CC2)C1. The highest BCUT2D eigenvalue weighted by Gasteiger charge is 2.33. The molecule has 3 heterocycles. The molecule has 0 bridgehead atoms. The molecule has 1 N–H and O–H groups in total. The number of nitrogens with one attached hydrogen (secondary N) is 1. The van der Waals surface area contributed by atoms with Gasteiger partial charge in [0.05, 0.1) is 16.0 Å². The molecule has 2 saturated heterocycles. The van der Waals surface area contributed by atoms with E-state index in [0.29, 0.717) is 37.1 Å². The third kappa shape index (κ3) is 3.36. The lowest BCUT2D eigenvalue weighted by atomic mass is 10.1. The van der Waals surface area contributed by atoms with Gasteiger partial charge in [-0.2, -0.15) is 0 Å². The highest BCUT2D eigenvalue weighted by atomic mass is 35.5. The van der Waals surface area contributed by atoms with Crippen molar-refractivity contribution in [3.8, 4) is 0 Å². The molecule has 1 atom stereocenters. The topological polar surface area (TPSA) is 59.7 Å². The Bertz CT molecular complexity index is 940. The Labute approximate surface area is 172 Å². The van der Waals surface area contributed by atoms with Crippen LogP contribution in [0.1, 0.15) is 16.9 Å². The fraction of sp³-hybridized carbons (Fsp3) is 0.474. The molecule has 2 fully saturated rings. The van der Waals surface area contributed by atoms with Crippen molar-refractivity contribution in [2.75, 3.05) is 46.3 Å². The highest BCUT2D eigenvalue weighted by Crippen LogP contribution is 2.35. The third-order valence-electron chi connectivity index (χ3n) is 5.63. The lowest BCUT2D eigenvalue weighted by Crippen LogP contribution is -2.52. The summed E-state index contributed by atoms with van der Waals surface area (Å²) < 4.78 is 13.7. The van der Waals surface area contributed by atoms with Crippen molar-refractivity contribution in [3.05, 3.63) is 33.7 Å². The van der Waals surface area contributed by atoms with Crippen molar-refractivity contribution >= 4 is 45.9 Å². The molecule has 9 heteroatoms. The second kappa shape index (κ2) is 7.54. The van der Waals surface area contributed by atoms with Crippen molar-refractivity contribution < 1.29 is 14.0 Å². The fourth-order valence-electron chi connectivity index (χ4n) is 4.01. The van der Waals surface area contributed by atoms with Crippen LogP contribution in [0.4, 0.5) is 4.39 Å². The van der Waals surface area contributed by atoms with E-state index in [-0.39, 0.29) is 33.5 Å². The van der Waals surface area contributed by atoms with Crippen LogP contribution in [0.15, 0.2) is 12.1 Å². The number of carbonyl (C=O) groups excluding carboxylic acids is 2. The summed E-state index contributed by atoms with van der Waals surface area (Å²) >= 11 is 12.3. The summed E-state index contributed by atoms with van der Waals surface area (Å²) in [6, 6.07) is 2.74. The van der Waals surface area contributed by atoms with Gasteiger partial charge in [0.25, 0.3) is 5.91 Å². The second-order valence-corrected chi connectivity index (χ2v) is 8.22. The molecule has 4 rings (SSSR count). The van der Waals surface area contributed by atoms with E-state index >= 15 is 0 Å². The number of fused-ring (bicyclic) bond motifs is 1. The molecule has 2 aliphatic rings. The fourth-order valence-corrected chi connectivity index (χ4v) is 4.65. The van der Waals surface area contributed by atoms with Gasteiger partial charge in [-0.3, -0.25) is 9.59 Å². The zero-order chi connectivity index (χ0) is 20.0. The zero-order valence-electron chi connectivity index (χ0n) is 15.5. The summed E-state index contributed by atoms with van der Waals surface area (Å²) in [7, 11) is 2.02. The number of H-pyrrole nitrogens is 1. The number of nitrogens with zero attached hydrogens (tertiary/aromatic N) is 3. The van der Waals surface area contributed by atoms with Gasteiger partial charge >= 0.3 is 0 Å². The number of hydrogen-bond acceptors (Lipinski definition) is 3. The number of amides is 2. The molecule has 150 valence electrons. The number of hydrogen-bond donors (Lipinski definition) is 1. The van der Waals surface area contributed by atoms with Crippen LogP contribution in [0, 0.1) is 11.7 Å². The standard InChI is InChI=1S/C19H21Cl2FN4O2/c1-24-5-4-11(10-24)18(27)25-6-8-26(9-7-25)19(28)17-16(21)14-13(23-17)3-2-12(22)15(14)20/h2-3,11,23H,4-10H2,1H3/t11-/m0/s1. The van der Waals surface area contributed by atoms with E-state index in [1.54, 1.807) is 4.90 Å². The van der Waals surface area contributed by atoms with Crippen LogP contribution >= 0.6 is 23.2 Å². The Morgan fingerprint density at radius 2 is 1.75 bits per heavy atom. The Kier molecular flexibility index (Phi) is 5.24. The van der Waals surface area contributed by atoms with Gasteiger partial charge in [0.15, 0.2) is 0 Å². The average molecular weight is 427 g/mol. The van der Waals surface area contributed by atoms with Gasteiger partial charge in [0, 0.05) is 43.6 Å². The maximum atomic E-state index is 13.7. The molecule has 2 amide bonds.